The molecule has 0 spiro atoms. The highest BCUT2D eigenvalue weighted by Crippen LogP contribution is 2.20. The maximum absolute atomic E-state index is 13.6. The number of halogens is 2. The van der Waals surface area contributed by atoms with Gasteiger partial charge in [-0.25, -0.2) is 4.39 Å². The second-order valence-corrected chi connectivity index (χ2v) is 5.01. The van der Waals surface area contributed by atoms with Crippen molar-refractivity contribution in [1.29, 1.82) is 0 Å². The molecule has 0 aromatic heterocycles. The minimum atomic E-state index is -0.994. The molecule has 6 heteroatoms. The lowest BCUT2D eigenvalue weighted by Crippen LogP contribution is -2.37. The molecule has 2 N–H and O–H groups in total. The molecule has 0 bridgehead atoms. The summed E-state index contributed by atoms with van der Waals surface area (Å²) in [6, 6.07) is 3.73. The first-order valence-corrected chi connectivity index (χ1v) is 6.71. The molecule has 0 saturated heterocycles. The number of rotatable bonds is 6. The maximum Gasteiger partial charge on any atom is 0.305 e. The molecule has 1 aromatic rings. The number of aliphatic carboxylic acids is 1. The second-order valence-electron chi connectivity index (χ2n) is 4.15. The summed E-state index contributed by atoms with van der Waals surface area (Å²) in [6.07, 6.45) is 1.09. The van der Waals surface area contributed by atoms with Crippen LogP contribution in [0.3, 0.4) is 0 Å². The van der Waals surface area contributed by atoms with Crippen LogP contribution in [0.4, 0.5) is 4.39 Å². The molecule has 0 aliphatic heterocycles. The predicted octanol–water partition coefficient (Wildman–Crippen LogP) is 2.96. The Hall–Kier alpha value is -1.43. The molecule has 1 aromatic carbocycles. The number of amides is 1. The van der Waals surface area contributed by atoms with E-state index in [0.29, 0.717) is 10.9 Å². The zero-order chi connectivity index (χ0) is 14.4. The van der Waals surface area contributed by atoms with Gasteiger partial charge >= 0.3 is 5.97 Å². The first-order chi connectivity index (χ1) is 8.95. The molecule has 1 unspecified atom stereocenters. The first-order valence-electron chi connectivity index (χ1n) is 5.92. The van der Waals surface area contributed by atoms with Gasteiger partial charge in [-0.2, -0.15) is 0 Å². The number of carbonyl (C=O) groups excluding carboxylic acids is 1. The van der Waals surface area contributed by atoms with E-state index in [1.807, 2.05) is 6.92 Å². The second kappa shape index (κ2) is 7.23. The fourth-order valence-corrected chi connectivity index (χ4v) is 2.28. The van der Waals surface area contributed by atoms with Crippen LogP contribution in [-0.4, -0.2) is 23.0 Å². The van der Waals surface area contributed by atoms with Crippen LogP contribution in [0.5, 0.6) is 0 Å². The SMILES string of the molecule is CCCC(CC(=O)O)NC(=O)c1c(F)cccc1Br. The smallest absolute Gasteiger partial charge is 0.305 e. The molecular weight excluding hydrogens is 317 g/mol. The topological polar surface area (TPSA) is 66.4 Å². The summed E-state index contributed by atoms with van der Waals surface area (Å²) in [4.78, 5) is 22.7. The number of nitrogens with one attached hydrogen (secondary N) is 1. The molecule has 0 saturated carbocycles. The molecule has 0 fully saturated rings. The van der Waals surface area contributed by atoms with Gasteiger partial charge in [0.15, 0.2) is 0 Å². The van der Waals surface area contributed by atoms with E-state index < -0.39 is 23.7 Å². The van der Waals surface area contributed by atoms with Gasteiger partial charge in [-0.15, -0.1) is 0 Å². The average molecular weight is 332 g/mol. The number of carboxylic acids is 1. The van der Waals surface area contributed by atoms with Crippen LogP contribution in [0.15, 0.2) is 22.7 Å². The van der Waals surface area contributed by atoms with Gasteiger partial charge in [-0.1, -0.05) is 19.4 Å². The van der Waals surface area contributed by atoms with Crippen LogP contribution in [0, 0.1) is 5.82 Å². The van der Waals surface area contributed by atoms with E-state index in [2.05, 4.69) is 21.2 Å². The zero-order valence-corrected chi connectivity index (χ0v) is 12.0. The molecule has 1 rings (SSSR count). The summed E-state index contributed by atoms with van der Waals surface area (Å²) in [5, 5.41) is 11.3. The molecule has 0 heterocycles. The van der Waals surface area contributed by atoms with Gasteiger partial charge in [0.25, 0.3) is 5.91 Å². The summed E-state index contributed by atoms with van der Waals surface area (Å²) in [6.45, 7) is 1.89. The highest BCUT2D eigenvalue weighted by Gasteiger charge is 2.20. The van der Waals surface area contributed by atoms with Crippen molar-refractivity contribution >= 4 is 27.8 Å². The van der Waals surface area contributed by atoms with Crippen molar-refractivity contribution < 1.29 is 19.1 Å². The van der Waals surface area contributed by atoms with Crippen LogP contribution in [0.2, 0.25) is 0 Å². The van der Waals surface area contributed by atoms with Crippen LogP contribution in [0.1, 0.15) is 36.5 Å². The Morgan fingerprint density at radius 1 is 1.47 bits per heavy atom. The van der Waals surface area contributed by atoms with E-state index >= 15 is 0 Å². The molecule has 0 radical (unpaired) electrons. The van der Waals surface area contributed by atoms with E-state index in [4.69, 9.17) is 5.11 Å². The Labute approximate surface area is 119 Å². The van der Waals surface area contributed by atoms with E-state index in [-0.39, 0.29) is 12.0 Å². The zero-order valence-electron chi connectivity index (χ0n) is 10.5. The summed E-state index contributed by atoms with van der Waals surface area (Å²) in [5.41, 5.74) is -0.103. The Balaban J connectivity index is 2.84. The standard InChI is InChI=1S/C13H15BrFNO3/c1-2-4-8(7-11(17)18)16-13(19)12-9(14)5-3-6-10(12)15/h3,5-6,8H,2,4,7H2,1H3,(H,16,19)(H,17,18). The number of carbonyl (C=O) groups is 2. The van der Waals surface area contributed by atoms with Crippen molar-refractivity contribution in [3.05, 3.63) is 34.1 Å². The number of benzene rings is 1. The van der Waals surface area contributed by atoms with E-state index in [1.54, 1.807) is 6.07 Å². The fourth-order valence-electron chi connectivity index (χ4n) is 1.76. The van der Waals surface area contributed by atoms with Gasteiger partial charge in [0.1, 0.15) is 5.82 Å². The highest BCUT2D eigenvalue weighted by atomic mass is 79.9. The first kappa shape index (κ1) is 15.6. The number of hydrogen-bond acceptors (Lipinski definition) is 2. The van der Waals surface area contributed by atoms with Crippen LogP contribution >= 0.6 is 15.9 Å². The molecule has 0 aliphatic rings. The molecule has 4 nitrogen and oxygen atoms in total. The van der Waals surface area contributed by atoms with Crippen molar-refractivity contribution in [2.24, 2.45) is 0 Å². The summed E-state index contributed by atoms with van der Waals surface area (Å²) < 4.78 is 13.9. The Morgan fingerprint density at radius 2 is 2.16 bits per heavy atom. The average Bonchev–Trinajstić information content (AvgIpc) is 2.27. The number of hydrogen-bond donors (Lipinski definition) is 2. The molecule has 104 valence electrons. The normalized spacial score (nSPS) is 11.9. The predicted molar refractivity (Wildman–Crippen MR) is 72.5 cm³/mol. The van der Waals surface area contributed by atoms with Crippen molar-refractivity contribution in [3.63, 3.8) is 0 Å². The van der Waals surface area contributed by atoms with Gasteiger partial charge in [0, 0.05) is 10.5 Å². The molecule has 0 aliphatic carbocycles. The molecule has 1 atom stereocenters. The van der Waals surface area contributed by atoms with Crippen LogP contribution < -0.4 is 5.32 Å². The van der Waals surface area contributed by atoms with Gasteiger partial charge < -0.3 is 10.4 Å². The van der Waals surface area contributed by atoms with Crippen molar-refractivity contribution in [3.8, 4) is 0 Å². The number of carboxylic acid groups (broad SMARTS) is 1. The summed E-state index contributed by atoms with van der Waals surface area (Å²) in [5.74, 6) is -2.24. The maximum atomic E-state index is 13.6. The summed E-state index contributed by atoms with van der Waals surface area (Å²) in [7, 11) is 0. The molecule has 19 heavy (non-hydrogen) atoms. The Kier molecular flexibility index (Phi) is 5.95. The lowest BCUT2D eigenvalue weighted by molar-refractivity contribution is -0.137. The summed E-state index contributed by atoms with van der Waals surface area (Å²) >= 11 is 3.11. The third-order valence-electron chi connectivity index (χ3n) is 2.58. The van der Waals surface area contributed by atoms with Gasteiger partial charge in [0.05, 0.1) is 12.0 Å². The van der Waals surface area contributed by atoms with Gasteiger partial charge in [-0.05, 0) is 34.5 Å². The van der Waals surface area contributed by atoms with Crippen LogP contribution in [0.25, 0.3) is 0 Å². The third-order valence-corrected chi connectivity index (χ3v) is 3.24. The van der Waals surface area contributed by atoms with Gasteiger partial charge in [0.2, 0.25) is 0 Å². The molecule has 1 amide bonds. The third kappa shape index (κ3) is 4.63. The fraction of sp³-hybridized carbons (Fsp3) is 0.385. The van der Waals surface area contributed by atoms with E-state index in [1.165, 1.54) is 12.1 Å². The molecular formula is C13H15BrFNO3. The van der Waals surface area contributed by atoms with Crippen molar-refractivity contribution in [1.82, 2.24) is 5.32 Å². The lowest BCUT2D eigenvalue weighted by atomic mass is 10.1. The quantitative estimate of drug-likeness (QED) is 0.842. The monoisotopic (exact) mass is 331 g/mol. The minimum Gasteiger partial charge on any atom is -0.481 e. The van der Waals surface area contributed by atoms with E-state index in [0.717, 1.165) is 6.42 Å². The lowest BCUT2D eigenvalue weighted by Gasteiger charge is -2.16. The van der Waals surface area contributed by atoms with Crippen molar-refractivity contribution in [2.75, 3.05) is 0 Å². The Morgan fingerprint density at radius 3 is 2.68 bits per heavy atom. The van der Waals surface area contributed by atoms with E-state index in [9.17, 15) is 14.0 Å². The van der Waals surface area contributed by atoms with Crippen molar-refractivity contribution in [2.45, 2.75) is 32.2 Å². The van der Waals surface area contributed by atoms with Crippen LogP contribution in [-0.2, 0) is 4.79 Å². The largest absolute Gasteiger partial charge is 0.481 e. The highest BCUT2D eigenvalue weighted by molar-refractivity contribution is 9.10. The Bertz CT molecular complexity index is 459. The van der Waals surface area contributed by atoms with Gasteiger partial charge in [-0.3, -0.25) is 9.59 Å². The minimum absolute atomic E-state index is 0.103.